The Morgan fingerprint density at radius 2 is 2.10 bits per heavy atom. The Kier molecular flexibility index (Phi) is 5.68. The van der Waals surface area contributed by atoms with E-state index in [1.807, 2.05) is 25.1 Å². The Morgan fingerprint density at radius 1 is 1.25 bits per heavy atom. The number of hydrogen-bond acceptors (Lipinski definition) is 4. The number of benzene rings is 1. The highest BCUT2D eigenvalue weighted by Gasteiger charge is 2.14. The summed E-state index contributed by atoms with van der Waals surface area (Å²) < 4.78 is 11.2. The van der Waals surface area contributed by atoms with Gasteiger partial charge in [-0.15, -0.1) is 0 Å². The van der Waals surface area contributed by atoms with Crippen LogP contribution >= 0.6 is 0 Å². The summed E-state index contributed by atoms with van der Waals surface area (Å²) in [5.41, 5.74) is 7.17. The van der Waals surface area contributed by atoms with Gasteiger partial charge >= 0.3 is 0 Å². The molecule has 1 heterocycles. The van der Waals surface area contributed by atoms with E-state index in [-0.39, 0.29) is 0 Å². The number of nitrogens with two attached hydrogens (primary N) is 1. The third kappa shape index (κ3) is 4.39. The molecule has 0 saturated carbocycles. The average Bonchev–Trinajstić information content (AvgIpc) is 2.65. The second-order valence-electron chi connectivity index (χ2n) is 5.54. The lowest BCUT2D eigenvalue weighted by Gasteiger charge is -2.20. The summed E-state index contributed by atoms with van der Waals surface area (Å²) in [6.45, 7) is 5.89. The van der Waals surface area contributed by atoms with Crippen LogP contribution in [-0.2, 0) is 0 Å². The van der Waals surface area contributed by atoms with Crippen molar-refractivity contribution in [1.29, 1.82) is 0 Å². The van der Waals surface area contributed by atoms with Crippen molar-refractivity contribution in [3.05, 3.63) is 23.8 Å². The van der Waals surface area contributed by atoms with E-state index in [2.05, 4.69) is 4.90 Å². The molecular weight excluding hydrogens is 252 g/mol. The Hall–Kier alpha value is -1.26. The molecular formula is C16H26N2O2. The topological polar surface area (TPSA) is 47.7 Å². The fourth-order valence-electron chi connectivity index (χ4n) is 2.58. The Labute approximate surface area is 121 Å². The second-order valence-corrected chi connectivity index (χ2v) is 5.54. The molecule has 0 unspecified atom stereocenters. The molecule has 0 aromatic heterocycles. The maximum absolute atomic E-state index is 5.99. The van der Waals surface area contributed by atoms with E-state index in [9.17, 15) is 0 Å². The molecule has 1 aliphatic heterocycles. The number of likely N-dealkylation sites (tertiary alicyclic amines) is 1. The van der Waals surface area contributed by atoms with E-state index in [4.69, 9.17) is 15.2 Å². The lowest BCUT2D eigenvalue weighted by Crippen LogP contribution is -2.30. The van der Waals surface area contributed by atoms with Crippen LogP contribution in [0.15, 0.2) is 18.2 Å². The van der Waals surface area contributed by atoms with Crippen molar-refractivity contribution < 1.29 is 9.47 Å². The molecule has 0 aliphatic carbocycles. The van der Waals surface area contributed by atoms with Gasteiger partial charge < -0.3 is 15.2 Å². The minimum atomic E-state index is 0.373. The third-order valence-corrected chi connectivity index (χ3v) is 3.85. The van der Waals surface area contributed by atoms with Crippen molar-refractivity contribution in [3.63, 3.8) is 0 Å². The van der Waals surface area contributed by atoms with E-state index in [1.54, 1.807) is 7.11 Å². The van der Waals surface area contributed by atoms with Gasteiger partial charge in [-0.25, -0.2) is 0 Å². The molecule has 4 heteroatoms. The summed E-state index contributed by atoms with van der Waals surface area (Å²) in [5.74, 6) is 1.63. The van der Waals surface area contributed by atoms with Crippen LogP contribution in [-0.4, -0.2) is 44.3 Å². The number of methoxy groups -OCH3 is 1. The molecule has 1 aromatic rings. The van der Waals surface area contributed by atoms with Crippen molar-refractivity contribution in [2.45, 2.75) is 32.2 Å². The molecule has 0 radical (unpaired) electrons. The first-order valence-electron chi connectivity index (χ1n) is 7.44. The van der Waals surface area contributed by atoms with Crippen LogP contribution in [0.1, 0.15) is 24.8 Å². The van der Waals surface area contributed by atoms with Gasteiger partial charge in [0.2, 0.25) is 0 Å². The second kappa shape index (κ2) is 7.50. The summed E-state index contributed by atoms with van der Waals surface area (Å²) >= 11 is 0. The molecule has 1 atom stereocenters. The van der Waals surface area contributed by atoms with Crippen LogP contribution in [0.25, 0.3) is 0 Å². The zero-order valence-electron chi connectivity index (χ0n) is 12.6. The first kappa shape index (κ1) is 15.1. The quantitative estimate of drug-likeness (QED) is 0.897. The van der Waals surface area contributed by atoms with Gasteiger partial charge in [-0.1, -0.05) is 6.07 Å². The summed E-state index contributed by atoms with van der Waals surface area (Å²) in [6.07, 6.45) is 3.42. The monoisotopic (exact) mass is 278 g/mol. The standard InChI is InChI=1S/C16H26N2O2/c1-13-5-6-15(16(12-13)19-2)20-11-10-18-8-3-4-14(17)7-9-18/h5-6,12,14H,3-4,7-11,17H2,1-2H3/t14-/m0/s1. The Bertz CT molecular complexity index is 423. The smallest absolute Gasteiger partial charge is 0.161 e. The van der Waals surface area contributed by atoms with Crippen molar-refractivity contribution in [2.24, 2.45) is 5.73 Å². The lowest BCUT2D eigenvalue weighted by atomic mass is 10.1. The summed E-state index contributed by atoms with van der Waals surface area (Å²) in [6, 6.07) is 6.40. The van der Waals surface area contributed by atoms with Gasteiger partial charge in [0.05, 0.1) is 7.11 Å². The highest BCUT2D eigenvalue weighted by Crippen LogP contribution is 2.27. The van der Waals surface area contributed by atoms with Crippen molar-refractivity contribution >= 4 is 0 Å². The molecule has 2 N–H and O–H groups in total. The van der Waals surface area contributed by atoms with Crippen LogP contribution in [0.2, 0.25) is 0 Å². The van der Waals surface area contributed by atoms with Gasteiger partial charge in [-0.05, 0) is 57.0 Å². The van der Waals surface area contributed by atoms with Crippen LogP contribution in [0.3, 0.4) is 0 Å². The van der Waals surface area contributed by atoms with E-state index in [0.29, 0.717) is 12.6 Å². The molecule has 20 heavy (non-hydrogen) atoms. The van der Waals surface area contributed by atoms with Crippen LogP contribution in [0.4, 0.5) is 0 Å². The average molecular weight is 278 g/mol. The highest BCUT2D eigenvalue weighted by atomic mass is 16.5. The third-order valence-electron chi connectivity index (χ3n) is 3.85. The molecule has 1 fully saturated rings. The van der Waals surface area contributed by atoms with Gasteiger partial charge in [0.1, 0.15) is 6.61 Å². The number of aryl methyl sites for hydroxylation is 1. The van der Waals surface area contributed by atoms with E-state index in [1.165, 1.54) is 12.0 Å². The number of rotatable bonds is 5. The molecule has 0 amide bonds. The summed E-state index contributed by atoms with van der Waals surface area (Å²) in [5, 5.41) is 0. The Morgan fingerprint density at radius 3 is 2.90 bits per heavy atom. The maximum atomic E-state index is 5.99. The van der Waals surface area contributed by atoms with E-state index >= 15 is 0 Å². The molecule has 0 bridgehead atoms. The molecule has 4 nitrogen and oxygen atoms in total. The normalized spacial score (nSPS) is 20.4. The van der Waals surface area contributed by atoms with Crippen LogP contribution < -0.4 is 15.2 Å². The van der Waals surface area contributed by atoms with Gasteiger partial charge in [0, 0.05) is 12.6 Å². The van der Waals surface area contributed by atoms with Gasteiger partial charge in [0.25, 0.3) is 0 Å². The maximum Gasteiger partial charge on any atom is 0.161 e. The first-order valence-corrected chi connectivity index (χ1v) is 7.44. The molecule has 1 saturated heterocycles. The number of ether oxygens (including phenoxy) is 2. The fraction of sp³-hybridized carbons (Fsp3) is 0.625. The van der Waals surface area contributed by atoms with Gasteiger partial charge in [-0.2, -0.15) is 0 Å². The molecule has 1 aliphatic rings. The predicted molar refractivity (Wildman–Crippen MR) is 81.5 cm³/mol. The van der Waals surface area contributed by atoms with Crippen molar-refractivity contribution in [1.82, 2.24) is 4.90 Å². The molecule has 1 aromatic carbocycles. The summed E-state index contributed by atoms with van der Waals surface area (Å²) in [4.78, 5) is 2.44. The van der Waals surface area contributed by atoms with Gasteiger partial charge in [0.15, 0.2) is 11.5 Å². The van der Waals surface area contributed by atoms with E-state index in [0.717, 1.165) is 44.0 Å². The first-order chi connectivity index (χ1) is 9.69. The minimum Gasteiger partial charge on any atom is -0.493 e. The largest absolute Gasteiger partial charge is 0.493 e. The number of nitrogens with zero attached hydrogens (tertiary/aromatic N) is 1. The SMILES string of the molecule is COc1cc(C)ccc1OCCN1CCC[C@H](N)CC1. The van der Waals surface area contributed by atoms with Crippen LogP contribution in [0, 0.1) is 6.92 Å². The zero-order chi connectivity index (χ0) is 14.4. The van der Waals surface area contributed by atoms with E-state index < -0.39 is 0 Å². The minimum absolute atomic E-state index is 0.373. The Balaban J connectivity index is 1.80. The molecule has 2 rings (SSSR count). The predicted octanol–water partition coefficient (Wildman–Crippen LogP) is 2.20. The highest BCUT2D eigenvalue weighted by molar-refractivity contribution is 5.42. The number of hydrogen-bond donors (Lipinski definition) is 1. The lowest BCUT2D eigenvalue weighted by molar-refractivity contribution is 0.208. The molecule has 112 valence electrons. The van der Waals surface area contributed by atoms with Crippen LogP contribution in [0.5, 0.6) is 11.5 Å². The fourth-order valence-corrected chi connectivity index (χ4v) is 2.58. The van der Waals surface area contributed by atoms with Crippen molar-refractivity contribution in [2.75, 3.05) is 33.4 Å². The molecule has 0 spiro atoms. The van der Waals surface area contributed by atoms with Crippen molar-refractivity contribution in [3.8, 4) is 11.5 Å². The summed E-state index contributed by atoms with van der Waals surface area (Å²) in [7, 11) is 1.68. The van der Waals surface area contributed by atoms with Gasteiger partial charge in [-0.3, -0.25) is 4.90 Å². The zero-order valence-corrected chi connectivity index (χ0v) is 12.6.